The van der Waals surface area contributed by atoms with Gasteiger partial charge in [-0.05, 0) is 54.6 Å². The highest BCUT2D eigenvalue weighted by Gasteiger charge is 2.31. The number of hydrogen-bond acceptors (Lipinski definition) is 5. The van der Waals surface area contributed by atoms with E-state index in [1.165, 1.54) is 30.3 Å². The van der Waals surface area contributed by atoms with E-state index in [1.807, 2.05) is 0 Å². The monoisotopic (exact) mass is 444 g/mol. The Kier molecular flexibility index (Phi) is 5.38. The van der Waals surface area contributed by atoms with E-state index in [1.54, 1.807) is 0 Å². The third kappa shape index (κ3) is 4.41. The number of ether oxygens (including phenoxy) is 1. The van der Waals surface area contributed by atoms with Crippen LogP contribution in [0, 0.1) is 0 Å². The lowest BCUT2D eigenvalue weighted by Crippen LogP contribution is -2.04. The molecule has 29 heavy (non-hydrogen) atoms. The van der Waals surface area contributed by atoms with Crippen LogP contribution in [0.3, 0.4) is 0 Å². The Morgan fingerprint density at radius 1 is 0.897 bits per heavy atom. The van der Waals surface area contributed by atoms with Crippen molar-refractivity contribution in [2.75, 3.05) is 0 Å². The van der Waals surface area contributed by atoms with Crippen molar-refractivity contribution in [3.63, 3.8) is 0 Å². The molecule has 0 aliphatic carbocycles. The van der Waals surface area contributed by atoms with E-state index in [0.717, 1.165) is 24.3 Å². The van der Waals surface area contributed by atoms with Crippen LogP contribution in [0.25, 0.3) is 0 Å². The Morgan fingerprint density at radius 2 is 1.55 bits per heavy atom. The summed E-state index contributed by atoms with van der Waals surface area (Å²) in [6.45, 7) is 0. The highest BCUT2D eigenvalue weighted by atomic mass is 35.5. The van der Waals surface area contributed by atoms with E-state index >= 15 is 0 Å². The van der Waals surface area contributed by atoms with Crippen LogP contribution >= 0.6 is 11.6 Å². The number of phenolic OH excluding ortho intramolecular Hbond substituents is 2. The predicted octanol–water partition coefficient (Wildman–Crippen LogP) is 5.40. The van der Waals surface area contributed by atoms with Gasteiger partial charge in [-0.1, -0.05) is 11.6 Å². The molecule has 0 aromatic heterocycles. The number of halogens is 4. The van der Waals surface area contributed by atoms with Crippen molar-refractivity contribution in [1.29, 1.82) is 0 Å². The summed E-state index contributed by atoms with van der Waals surface area (Å²) in [5.41, 5.74) is -0.951. The van der Waals surface area contributed by atoms with Crippen molar-refractivity contribution < 1.29 is 36.5 Å². The topological polar surface area (TPSA) is 83.8 Å². The highest BCUT2D eigenvalue weighted by Crippen LogP contribution is 2.38. The van der Waals surface area contributed by atoms with E-state index in [2.05, 4.69) is 0 Å². The molecule has 10 heteroatoms. The van der Waals surface area contributed by atoms with Crippen LogP contribution in [0.2, 0.25) is 5.02 Å². The Bertz CT molecular complexity index is 1160. The van der Waals surface area contributed by atoms with Crippen LogP contribution in [0.15, 0.2) is 70.5 Å². The Hall–Kier alpha value is -2.91. The smallest absolute Gasteiger partial charge is 0.416 e. The summed E-state index contributed by atoms with van der Waals surface area (Å²) in [6, 6.07) is 10.5. The molecule has 0 heterocycles. The molecule has 0 spiro atoms. The van der Waals surface area contributed by atoms with Gasteiger partial charge in [0.25, 0.3) is 0 Å². The summed E-state index contributed by atoms with van der Waals surface area (Å²) in [5.74, 6) is -0.883. The Labute approximate surface area is 168 Å². The number of hydrogen-bond donors (Lipinski definition) is 2. The molecule has 3 aromatic carbocycles. The highest BCUT2D eigenvalue weighted by molar-refractivity contribution is 7.91. The lowest BCUT2D eigenvalue weighted by Gasteiger charge is -2.12. The fraction of sp³-hybridized carbons (Fsp3) is 0.0526. The molecule has 2 N–H and O–H groups in total. The van der Waals surface area contributed by atoms with Crippen LogP contribution in [-0.2, 0) is 16.0 Å². The van der Waals surface area contributed by atoms with Gasteiger partial charge in [-0.25, -0.2) is 8.42 Å². The van der Waals surface area contributed by atoms with E-state index in [-0.39, 0.29) is 27.2 Å². The van der Waals surface area contributed by atoms with Crippen LogP contribution in [-0.4, -0.2) is 18.6 Å². The maximum Gasteiger partial charge on any atom is 0.416 e. The van der Waals surface area contributed by atoms with Gasteiger partial charge < -0.3 is 14.9 Å². The molecule has 0 atom stereocenters. The molecular formula is C19H12ClF3O5S. The number of phenols is 2. The molecule has 0 amide bonds. The van der Waals surface area contributed by atoms with Gasteiger partial charge in [0.1, 0.15) is 27.9 Å². The summed E-state index contributed by atoms with van der Waals surface area (Å²) in [5, 5.41) is 19.1. The first-order chi connectivity index (χ1) is 13.5. The number of aromatic hydroxyl groups is 2. The fourth-order valence-electron chi connectivity index (χ4n) is 2.43. The SMILES string of the molecule is O=S(=O)(c1ccc(O)cc1)c1ccc(Oc2ccc(C(F)(F)F)cc2Cl)cc1O. The quantitative estimate of drug-likeness (QED) is 0.563. The molecule has 5 nitrogen and oxygen atoms in total. The summed E-state index contributed by atoms with van der Waals surface area (Å²) in [6.07, 6.45) is -4.56. The van der Waals surface area contributed by atoms with Crippen LogP contribution in [0.1, 0.15) is 5.56 Å². The van der Waals surface area contributed by atoms with Crippen molar-refractivity contribution in [2.45, 2.75) is 16.0 Å². The molecule has 0 radical (unpaired) electrons. The average Bonchev–Trinajstić information content (AvgIpc) is 2.63. The average molecular weight is 445 g/mol. The number of rotatable bonds is 4. The lowest BCUT2D eigenvalue weighted by molar-refractivity contribution is -0.137. The van der Waals surface area contributed by atoms with Gasteiger partial charge in [0.2, 0.25) is 9.84 Å². The minimum absolute atomic E-state index is 0.0335. The molecule has 0 bridgehead atoms. The van der Waals surface area contributed by atoms with E-state index in [4.69, 9.17) is 16.3 Å². The van der Waals surface area contributed by atoms with Gasteiger partial charge in [0.15, 0.2) is 0 Å². The van der Waals surface area contributed by atoms with Crippen molar-refractivity contribution in [2.24, 2.45) is 0 Å². The lowest BCUT2D eigenvalue weighted by atomic mass is 10.2. The van der Waals surface area contributed by atoms with Crippen molar-refractivity contribution in [3.8, 4) is 23.0 Å². The molecule has 3 rings (SSSR count). The second-order valence-electron chi connectivity index (χ2n) is 5.87. The van der Waals surface area contributed by atoms with Gasteiger partial charge in [-0.15, -0.1) is 0 Å². The molecule has 0 saturated carbocycles. The summed E-state index contributed by atoms with van der Waals surface area (Å²) < 4.78 is 68.7. The predicted molar refractivity (Wildman–Crippen MR) is 98.2 cm³/mol. The maximum atomic E-state index is 12.7. The van der Waals surface area contributed by atoms with Gasteiger partial charge in [0.05, 0.1) is 15.5 Å². The number of alkyl halides is 3. The standard InChI is InChI=1S/C19H12ClF3O5S/c20-15-9-11(19(21,22)23)1-7-17(15)28-13-4-8-18(16(25)10-13)29(26,27)14-5-2-12(24)3-6-14/h1-10,24-25H. The largest absolute Gasteiger partial charge is 0.508 e. The van der Waals surface area contributed by atoms with Gasteiger partial charge in [-0.2, -0.15) is 13.2 Å². The summed E-state index contributed by atoms with van der Waals surface area (Å²) in [4.78, 5) is -0.556. The second-order valence-corrected chi connectivity index (χ2v) is 8.20. The summed E-state index contributed by atoms with van der Waals surface area (Å²) in [7, 11) is -4.07. The first kappa shape index (κ1) is 20.8. The molecular weight excluding hydrogens is 433 g/mol. The zero-order valence-electron chi connectivity index (χ0n) is 14.3. The molecule has 3 aromatic rings. The molecule has 0 fully saturated rings. The minimum atomic E-state index is -4.56. The zero-order valence-corrected chi connectivity index (χ0v) is 15.9. The Balaban J connectivity index is 1.89. The van der Waals surface area contributed by atoms with E-state index in [0.29, 0.717) is 6.07 Å². The normalized spacial score (nSPS) is 12.0. The first-order valence-corrected chi connectivity index (χ1v) is 9.76. The van der Waals surface area contributed by atoms with Crippen LogP contribution in [0.4, 0.5) is 13.2 Å². The fourth-order valence-corrected chi connectivity index (χ4v) is 3.98. The molecule has 0 aliphatic rings. The molecule has 0 aliphatic heterocycles. The van der Waals surface area contributed by atoms with E-state index in [9.17, 15) is 31.8 Å². The molecule has 152 valence electrons. The van der Waals surface area contributed by atoms with Crippen LogP contribution < -0.4 is 4.74 Å². The summed E-state index contributed by atoms with van der Waals surface area (Å²) >= 11 is 5.82. The zero-order chi connectivity index (χ0) is 21.4. The van der Waals surface area contributed by atoms with Crippen LogP contribution in [0.5, 0.6) is 23.0 Å². The second kappa shape index (κ2) is 7.49. The Morgan fingerprint density at radius 3 is 2.10 bits per heavy atom. The van der Waals surface area contributed by atoms with E-state index < -0.39 is 32.2 Å². The first-order valence-electron chi connectivity index (χ1n) is 7.90. The van der Waals surface area contributed by atoms with Gasteiger partial charge in [-0.3, -0.25) is 0 Å². The third-order valence-electron chi connectivity index (χ3n) is 3.85. The molecule has 0 saturated heterocycles. The van der Waals surface area contributed by atoms with Gasteiger partial charge >= 0.3 is 6.18 Å². The third-order valence-corrected chi connectivity index (χ3v) is 5.97. The molecule has 0 unspecified atom stereocenters. The van der Waals surface area contributed by atoms with Crippen molar-refractivity contribution in [1.82, 2.24) is 0 Å². The minimum Gasteiger partial charge on any atom is -0.508 e. The number of sulfone groups is 1. The maximum absolute atomic E-state index is 12.7. The van der Waals surface area contributed by atoms with Crippen molar-refractivity contribution in [3.05, 3.63) is 71.2 Å². The number of benzene rings is 3. The van der Waals surface area contributed by atoms with Crippen molar-refractivity contribution >= 4 is 21.4 Å². The van der Waals surface area contributed by atoms with Gasteiger partial charge in [0, 0.05) is 6.07 Å².